The van der Waals surface area contributed by atoms with Crippen LogP contribution in [0.15, 0.2) is 30.5 Å². The summed E-state index contributed by atoms with van der Waals surface area (Å²) < 4.78 is 26.6. The van der Waals surface area contributed by atoms with Crippen molar-refractivity contribution in [2.75, 3.05) is 0 Å². The Hall–Kier alpha value is -1.05. The van der Waals surface area contributed by atoms with Crippen molar-refractivity contribution in [1.29, 1.82) is 0 Å². The molecular weight excluding hydrogens is 347 g/mol. The Bertz CT molecular complexity index is 604. The van der Waals surface area contributed by atoms with Crippen LogP contribution in [0.3, 0.4) is 0 Å². The lowest BCUT2D eigenvalue weighted by molar-refractivity contribution is 0.140. The summed E-state index contributed by atoms with van der Waals surface area (Å²) in [5.74, 6) is -1.41. The quantitative estimate of drug-likeness (QED) is 0.828. The molecule has 2 rings (SSSR count). The number of hydrogen-bond donors (Lipinski definition) is 2. The highest BCUT2D eigenvalue weighted by atomic mass is 35.5. The number of benzene rings is 1. The Morgan fingerprint density at radius 1 is 1.19 bits per heavy atom. The SMILES string of the molecule is Cl.Cl.N[C@H](c1ccnc(Cl)n1)[C@H](O)c1cc(F)ccc1F. The van der Waals surface area contributed by atoms with Gasteiger partial charge >= 0.3 is 0 Å². The maximum Gasteiger partial charge on any atom is 0.222 e. The second-order valence-corrected chi connectivity index (χ2v) is 4.23. The second-order valence-electron chi connectivity index (χ2n) is 3.89. The van der Waals surface area contributed by atoms with Crippen molar-refractivity contribution in [1.82, 2.24) is 9.97 Å². The van der Waals surface area contributed by atoms with E-state index < -0.39 is 23.8 Å². The topological polar surface area (TPSA) is 72.0 Å². The van der Waals surface area contributed by atoms with Gasteiger partial charge in [0.1, 0.15) is 17.7 Å². The van der Waals surface area contributed by atoms with Gasteiger partial charge in [-0.25, -0.2) is 18.7 Å². The van der Waals surface area contributed by atoms with Crippen LogP contribution < -0.4 is 5.73 Å². The first-order valence-electron chi connectivity index (χ1n) is 5.36. The summed E-state index contributed by atoms with van der Waals surface area (Å²) in [6.07, 6.45) is -0.0826. The smallest absolute Gasteiger partial charge is 0.222 e. The molecular formula is C12H12Cl3F2N3O. The molecule has 116 valence electrons. The lowest BCUT2D eigenvalue weighted by atomic mass is 10.00. The molecule has 1 aromatic heterocycles. The molecule has 0 saturated carbocycles. The van der Waals surface area contributed by atoms with Crippen LogP contribution in [0.4, 0.5) is 8.78 Å². The molecule has 4 nitrogen and oxygen atoms in total. The summed E-state index contributed by atoms with van der Waals surface area (Å²) in [6.45, 7) is 0. The molecule has 0 spiro atoms. The first-order chi connectivity index (χ1) is 8.99. The molecule has 2 aromatic rings. The van der Waals surface area contributed by atoms with E-state index in [1.165, 1.54) is 12.3 Å². The van der Waals surface area contributed by atoms with Crippen molar-refractivity contribution in [3.05, 3.63) is 58.6 Å². The molecule has 0 aliphatic heterocycles. The molecule has 9 heteroatoms. The van der Waals surface area contributed by atoms with Gasteiger partial charge in [0, 0.05) is 11.8 Å². The Morgan fingerprint density at radius 2 is 1.86 bits per heavy atom. The number of aliphatic hydroxyl groups excluding tert-OH is 1. The van der Waals surface area contributed by atoms with Gasteiger partial charge in [0.05, 0.1) is 11.7 Å². The number of hydrogen-bond acceptors (Lipinski definition) is 4. The van der Waals surface area contributed by atoms with Gasteiger partial charge in [0.15, 0.2) is 0 Å². The average Bonchev–Trinajstić information content (AvgIpc) is 2.40. The highest BCUT2D eigenvalue weighted by Crippen LogP contribution is 2.28. The Labute approximate surface area is 137 Å². The third-order valence-corrected chi connectivity index (χ3v) is 2.79. The number of aromatic nitrogens is 2. The van der Waals surface area contributed by atoms with Crippen LogP contribution >= 0.6 is 36.4 Å². The minimum Gasteiger partial charge on any atom is -0.386 e. The normalized spacial score (nSPS) is 12.8. The lowest BCUT2D eigenvalue weighted by Crippen LogP contribution is -2.22. The van der Waals surface area contributed by atoms with Gasteiger partial charge in [0.2, 0.25) is 5.28 Å². The summed E-state index contributed by atoms with van der Waals surface area (Å²) in [6, 6.07) is 3.17. The highest BCUT2D eigenvalue weighted by molar-refractivity contribution is 6.28. The molecule has 0 bridgehead atoms. The third kappa shape index (κ3) is 4.72. The maximum atomic E-state index is 13.5. The van der Waals surface area contributed by atoms with Crippen molar-refractivity contribution in [2.45, 2.75) is 12.1 Å². The molecule has 0 radical (unpaired) electrons. The molecule has 1 aromatic carbocycles. The monoisotopic (exact) mass is 357 g/mol. The van der Waals surface area contributed by atoms with Gasteiger partial charge in [-0.1, -0.05) is 0 Å². The fraction of sp³-hybridized carbons (Fsp3) is 0.167. The first-order valence-corrected chi connectivity index (χ1v) is 5.74. The maximum absolute atomic E-state index is 13.5. The van der Waals surface area contributed by atoms with Crippen molar-refractivity contribution < 1.29 is 13.9 Å². The van der Waals surface area contributed by atoms with Crippen molar-refractivity contribution in [3.63, 3.8) is 0 Å². The summed E-state index contributed by atoms with van der Waals surface area (Å²) >= 11 is 5.60. The summed E-state index contributed by atoms with van der Waals surface area (Å²) in [5, 5.41) is 9.96. The fourth-order valence-electron chi connectivity index (χ4n) is 1.63. The van der Waals surface area contributed by atoms with Crippen molar-refractivity contribution >= 4 is 36.4 Å². The van der Waals surface area contributed by atoms with E-state index in [0.29, 0.717) is 0 Å². The zero-order chi connectivity index (χ0) is 14.0. The molecule has 0 saturated heterocycles. The highest BCUT2D eigenvalue weighted by Gasteiger charge is 2.23. The van der Waals surface area contributed by atoms with E-state index in [2.05, 4.69) is 9.97 Å². The first kappa shape index (κ1) is 19.9. The van der Waals surface area contributed by atoms with Gasteiger partial charge in [-0.2, -0.15) is 0 Å². The van der Waals surface area contributed by atoms with Crippen LogP contribution in [0.25, 0.3) is 0 Å². The lowest BCUT2D eigenvalue weighted by Gasteiger charge is -2.19. The predicted molar refractivity (Wildman–Crippen MR) is 79.8 cm³/mol. The van der Waals surface area contributed by atoms with E-state index in [0.717, 1.165) is 18.2 Å². The second kappa shape index (κ2) is 8.41. The number of nitrogens with two attached hydrogens (primary N) is 1. The van der Waals surface area contributed by atoms with E-state index in [-0.39, 0.29) is 41.4 Å². The van der Waals surface area contributed by atoms with E-state index in [4.69, 9.17) is 17.3 Å². The van der Waals surface area contributed by atoms with E-state index in [9.17, 15) is 13.9 Å². The number of nitrogens with zero attached hydrogens (tertiary/aromatic N) is 2. The molecule has 21 heavy (non-hydrogen) atoms. The van der Waals surface area contributed by atoms with Crippen molar-refractivity contribution in [2.24, 2.45) is 5.73 Å². The van der Waals surface area contributed by atoms with Crippen LogP contribution in [0.2, 0.25) is 5.28 Å². The third-order valence-electron chi connectivity index (χ3n) is 2.61. The molecule has 0 unspecified atom stereocenters. The Balaban J connectivity index is 0.00000200. The van der Waals surface area contributed by atoms with Crippen LogP contribution in [-0.4, -0.2) is 15.1 Å². The molecule has 0 amide bonds. The van der Waals surface area contributed by atoms with E-state index in [1.54, 1.807) is 0 Å². The van der Waals surface area contributed by atoms with E-state index >= 15 is 0 Å². The minimum atomic E-state index is -1.44. The standard InChI is InChI=1S/C12H10ClF2N3O.2ClH/c13-12-17-4-3-9(18-12)10(16)11(19)7-5-6(14)1-2-8(7)15;;/h1-5,10-11,19H,16H2;2*1H/t10-,11-;;/m1../s1. The zero-order valence-corrected chi connectivity index (χ0v) is 12.8. The molecule has 3 N–H and O–H groups in total. The van der Waals surface area contributed by atoms with Gasteiger partial charge in [-0.15, -0.1) is 24.8 Å². The zero-order valence-electron chi connectivity index (χ0n) is 10.4. The summed E-state index contributed by atoms with van der Waals surface area (Å²) in [4.78, 5) is 7.49. The molecule has 2 atom stereocenters. The molecule has 0 aliphatic carbocycles. The molecule has 0 aliphatic rings. The van der Waals surface area contributed by atoms with Gasteiger partial charge in [-0.05, 0) is 35.9 Å². The largest absolute Gasteiger partial charge is 0.386 e. The molecule has 1 heterocycles. The van der Waals surface area contributed by atoms with Gasteiger partial charge < -0.3 is 10.8 Å². The Morgan fingerprint density at radius 3 is 2.48 bits per heavy atom. The van der Waals surface area contributed by atoms with Crippen LogP contribution in [0.1, 0.15) is 23.4 Å². The van der Waals surface area contributed by atoms with Gasteiger partial charge in [-0.3, -0.25) is 0 Å². The summed E-state index contributed by atoms with van der Waals surface area (Å²) in [5.41, 5.74) is 5.77. The summed E-state index contributed by atoms with van der Waals surface area (Å²) in [7, 11) is 0. The van der Waals surface area contributed by atoms with E-state index in [1.807, 2.05) is 0 Å². The number of rotatable bonds is 3. The van der Waals surface area contributed by atoms with Gasteiger partial charge in [0.25, 0.3) is 0 Å². The van der Waals surface area contributed by atoms with Crippen LogP contribution in [-0.2, 0) is 0 Å². The molecule has 0 fully saturated rings. The average molecular weight is 359 g/mol. The number of halogens is 5. The van der Waals surface area contributed by atoms with Crippen LogP contribution in [0, 0.1) is 11.6 Å². The van der Waals surface area contributed by atoms with Crippen LogP contribution in [0.5, 0.6) is 0 Å². The minimum absolute atomic E-state index is 0. The fourth-order valence-corrected chi connectivity index (χ4v) is 1.78. The predicted octanol–water partition coefficient (Wildman–Crippen LogP) is 2.99. The Kier molecular flexibility index (Phi) is 7.99. The number of aliphatic hydroxyl groups is 1. The van der Waals surface area contributed by atoms with Crippen molar-refractivity contribution in [3.8, 4) is 0 Å².